The normalized spacial score (nSPS) is 23.4. The van der Waals surface area contributed by atoms with Gasteiger partial charge in [0.05, 0.1) is 6.61 Å². The van der Waals surface area contributed by atoms with Crippen LogP contribution in [0.5, 0.6) is 17.2 Å². The molecule has 2 heterocycles. The zero-order valence-corrected chi connectivity index (χ0v) is 14.2. The highest BCUT2D eigenvalue weighted by Gasteiger charge is 2.29. The Bertz CT molecular complexity index is 638. The summed E-state index contributed by atoms with van der Waals surface area (Å²) < 4.78 is 16.8. The van der Waals surface area contributed by atoms with Crippen LogP contribution in [0.2, 0.25) is 0 Å². The van der Waals surface area contributed by atoms with Crippen molar-refractivity contribution in [3.8, 4) is 17.2 Å². The Hall–Kier alpha value is -2.20. The molecule has 1 saturated heterocycles. The number of fused-ring (bicyclic) bond motifs is 1. The molecule has 4 nitrogen and oxygen atoms in total. The number of benzene rings is 1. The lowest BCUT2D eigenvalue weighted by atomic mass is 9.81. The zero-order chi connectivity index (χ0) is 16.9. The summed E-state index contributed by atoms with van der Waals surface area (Å²) in [6.45, 7) is 11.0. The van der Waals surface area contributed by atoms with Gasteiger partial charge in [0.1, 0.15) is 5.75 Å². The van der Waals surface area contributed by atoms with E-state index in [0.717, 1.165) is 42.3 Å². The maximum Gasteiger partial charge on any atom is 0.231 e. The van der Waals surface area contributed by atoms with Crippen LogP contribution in [-0.2, 0) is 0 Å². The summed E-state index contributed by atoms with van der Waals surface area (Å²) in [6.07, 6.45) is 6.91. The number of hydrogen-bond acceptors (Lipinski definition) is 4. The van der Waals surface area contributed by atoms with Gasteiger partial charge in [-0.1, -0.05) is 37.0 Å². The van der Waals surface area contributed by atoms with Crippen molar-refractivity contribution >= 4 is 0 Å². The molecule has 1 aromatic carbocycles. The molecule has 0 spiro atoms. The lowest BCUT2D eigenvalue weighted by molar-refractivity contribution is 0.114. The molecule has 0 amide bonds. The molecule has 0 aliphatic carbocycles. The Morgan fingerprint density at radius 1 is 1.38 bits per heavy atom. The molecule has 0 radical (unpaired) electrons. The van der Waals surface area contributed by atoms with Gasteiger partial charge in [-0.3, -0.25) is 0 Å². The van der Waals surface area contributed by atoms with Crippen LogP contribution in [0, 0.1) is 11.8 Å². The van der Waals surface area contributed by atoms with Crippen LogP contribution in [0.1, 0.15) is 6.42 Å². The molecule has 0 aromatic heterocycles. The van der Waals surface area contributed by atoms with Gasteiger partial charge >= 0.3 is 0 Å². The summed E-state index contributed by atoms with van der Waals surface area (Å²) in [4.78, 5) is 2.36. The van der Waals surface area contributed by atoms with Crippen LogP contribution in [-0.4, -0.2) is 38.4 Å². The van der Waals surface area contributed by atoms with Gasteiger partial charge in [0, 0.05) is 18.5 Å². The van der Waals surface area contributed by atoms with E-state index in [9.17, 15) is 0 Å². The first-order chi connectivity index (χ1) is 11.7. The highest BCUT2D eigenvalue weighted by atomic mass is 16.7. The molecule has 1 aromatic rings. The first kappa shape index (κ1) is 16.7. The van der Waals surface area contributed by atoms with Gasteiger partial charge in [-0.25, -0.2) is 0 Å². The van der Waals surface area contributed by atoms with E-state index in [-0.39, 0.29) is 6.79 Å². The van der Waals surface area contributed by atoms with Crippen LogP contribution in [0.25, 0.3) is 0 Å². The molecule has 0 saturated carbocycles. The second-order valence-electron chi connectivity index (χ2n) is 6.41. The minimum Gasteiger partial charge on any atom is -0.493 e. The van der Waals surface area contributed by atoms with Gasteiger partial charge in [-0.2, -0.15) is 0 Å². The van der Waals surface area contributed by atoms with E-state index in [0.29, 0.717) is 18.4 Å². The molecule has 1 fully saturated rings. The number of nitrogens with zero attached hydrogens (tertiary/aromatic N) is 1. The minimum atomic E-state index is 0.281. The van der Waals surface area contributed by atoms with Crippen molar-refractivity contribution in [3.63, 3.8) is 0 Å². The number of piperidine rings is 1. The second-order valence-corrected chi connectivity index (χ2v) is 6.41. The monoisotopic (exact) mass is 327 g/mol. The Labute approximate surface area is 144 Å². The highest BCUT2D eigenvalue weighted by Crippen LogP contribution is 2.36. The number of allylic oxidation sites excluding steroid dienone is 4. The average molecular weight is 327 g/mol. The quantitative estimate of drug-likeness (QED) is 0.746. The van der Waals surface area contributed by atoms with E-state index in [1.165, 1.54) is 0 Å². The van der Waals surface area contributed by atoms with Crippen molar-refractivity contribution in [2.45, 2.75) is 6.42 Å². The van der Waals surface area contributed by atoms with E-state index >= 15 is 0 Å². The molecule has 24 heavy (non-hydrogen) atoms. The van der Waals surface area contributed by atoms with E-state index in [1.54, 1.807) is 6.08 Å². The van der Waals surface area contributed by atoms with Crippen molar-refractivity contribution < 1.29 is 14.2 Å². The van der Waals surface area contributed by atoms with E-state index < -0.39 is 0 Å². The summed E-state index contributed by atoms with van der Waals surface area (Å²) >= 11 is 0. The van der Waals surface area contributed by atoms with Crippen LogP contribution >= 0.6 is 0 Å². The second kappa shape index (κ2) is 7.58. The lowest BCUT2D eigenvalue weighted by Gasteiger charge is -2.37. The Kier molecular flexibility index (Phi) is 5.26. The topological polar surface area (TPSA) is 30.9 Å². The summed E-state index contributed by atoms with van der Waals surface area (Å²) in [5.74, 6) is 3.20. The largest absolute Gasteiger partial charge is 0.493 e. The first-order valence-corrected chi connectivity index (χ1v) is 8.36. The first-order valence-electron chi connectivity index (χ1n) is 8.36. The fourth-order valence-electron chi connectivity index (χ4n) is 3.36. The molecule has 4 heteroatoms. The van der Waals surface area contributed by atoms with E-state index in [1.807, 2.05) is 24.3 Å². The van der Waals surface area contributed by atoms with Crippen LogP contribution in [0.3, 0.4) is 0 Å². The summed E-state index contributed by atoms with van der Waals surface area (Å²) in [5, 5.41) is 0. The summed E-state index contributed by atoms with van der Waals surface area (Å²) in [6, 6.07) is 5.73. The summed E-state index contributed by atoms with van der Waals surface area (Å²) in [7, 11) is 2.16. The number of likely N-dealkylation sites (tertiary alicyclic amines) is 1. The summed E-state index contributed by atoms with van der Waals surface area (Å²) in [5.41, 5.74) is 1.15. The van der Waals surface area contributed by atoms with Crippen LogP contribution in [0.15, 0.2) is 55.2 Å². The number of hydrogen-bond donors (Lipinski definition) is 0. The minimum absolute atomic E-state index is 0.281. The van der Waals surface area contributed by atoms with Crippen molar-refractivity contribution in [1.82, 2.24) is 4.90 Å². The number of rotatable bonds is 6. The maximum absolute atomic E-state index is 6.06. The molecule has 2 aliphatic rings. The standard InChI is InChI=1S/C20H25NO3/c1-4-5-6-15(2)18-9-10-21(3)12-16(18)13-22-17-7-8-19-20(11-17)24-14-23-19/h4-8,11,16,18H,1-2,9-10,12-14H2,3H3/b6-5-. The molecular weight excluding hydrogens is 302 g/mol. The molecule has 0 N–H and O–H groups in total. The SMILES string of the molecule is C=C/C=C\C(=C)C1CCN(C)CC1COc1ccc2c(c1)OCO2. The van der Waals surface area contributed by atoms with Gasteiger partial charge in [0.15, 0.2) is 11.5 Å². The molecule has 0 bridgehead atoms. The average Bonchev–Trinajstić information content (AvgIpc) is 3.05. The van der Waals surface area contributed by atoms with Gasteiger partial charge in [0.2, 0.25) is 6.79 Å². The highest BCUT2D eigenvalue weighted by molar-refractivity contribution is 5.46. The Morgan fingerprint density at radius 3 is 3.04 bits per heavy atom. The molecule has 2 aliphatic heterocycles. The van der Waals surface area contributed by atoms with Crippen molar-refractivity contribution in [3.05, 3.63) is 55.2 Å². The molecule has 2 unspecified atom stereocenters. The molecule has 128 valence electrons. The third-order valence-electron chi connectivity index (χ3n) is 4.67. The molecular formula is C20H25NO3. The van der Waals surface area contributed by atoms with Gasteiger partial charge in [0.25, 0.3) is 0 Å². The zero-order valence-electron chi connectivity index (χ0n) is 14.2. The van der Waals surface area contributed by atoms with Crippen LogP contribution < -0.4 is 14.2 Å². The van der Waals surface area contributed by atoms with Crippen molar-refractivity contribution in [2.24, 2.45) is 11.8 Å². The van der Waals surface area contributed by atoms with Gasteiger partial charge in [-0.15, -0.1) is 0 Å². The predicted molar refractivity (Wildman–Crippen MR) is 95.6 cm³/mol. The molecule has 2 atom stereocenters. The Morgan fingerprint density at radius 2 is 2.21 bits per heavy atom. The molecule has 3 rings (SSSR count). The fraction of sp³-hybridized carbons (Fsp3) is 0.400. The third-order valence-corrected chi connectivity index (χ3v) is 4.67. The lowest BCUT2D eigenvalue weighted by Crippen LogP contribution is -2.41. The smallest absolute Gasteiger partial charge is 0.231 e. The number of ether oxygens (including phenoxy) is 3. The van der Waals surface area contributed by atoms with Crippen LogP contribution in [0.4, 0.5) is 0 Å². The van der Waals surface area contributed by atoms with E-state index in [2.05, 4.69) is 31.2 Å². The predicted octanol–water partition coefficient (Wildman–Crippen LogP) is 3.66. The van der Waals surface area contributed by atoms with Gasteiger partial charge < -0.3 is 19.1 Å². The third kappa shape index (κ3) is 3.82. The van der Waals surface area contributed by atoms with E-state index in [4.69, 9.17) is 14.2 Å². The van der Waals surface area contributed by atoms with Crippen molar-refractivity contribution in [2.75, 3.05) is 33.5 Å². The van der Waals surface area contributed by atoms with Gasteiger partial charge in [-0.05, 0) is 38.1 Å². The maximum atomic E-state index is 6.06. The Balaban J connectivity index is 1.65. The fourth-order valence-corrected chi connectivity index (χ4v) is 3.36. The van der Waals surface area contributed by atoms with Crippen molar-refractivity contribution in [1.29, 1.82) is 0 Å².